The Balaban J connectivity index is 4.67. The quantitative estimate of drug-likeness (QED) is 0.640. The molecule has 0 aromatic carbocycles. The van der Waals surface area contributed by atoms with Crippen molar-refractivity contribution in [2.45, 2.75) is 20.3 Å². The molecule has 5 heteroatoms. The fraction of sp³-hybridized carbons (Fsp3) is 0.818. The molecule has 0 amide bonds. The van der Waals surface area contributed by atoms with E-state index in [-0.39, 0.29) is 24.5 Å². The zero-order valence-electron chi connectivity index (χ0n) is 10.5. The van der Waals surface area contributed by atoms with E-state index in [1.165, 1.54) is 21.3 Å². The van der Waals surface area contributed by atoms with E-state index in [2.05, 4.69) is 4.74 Å². The SMILES string of the molecule is COCC(C)(CC(C)C(=O)OC)C(=O)OC. The Kier molecular flexibility index (Phi) is 6.03. The number of methoxy groups -OCH3 is 3. The Labute approximate surface area is 96.1 Å². The molecule has 0 N–H and O–H groups in total. The summed E-state index contributed by atoms with van der Waals surface area (Å²) in [6, 6.07) is 0. The number of hydrogen-bond donors (Lipinski definition) is 0. The summed E-state index contributed by atoms with van der Waals surface area (Å²) in [4.78, 5) is 22.9. The largest absolute Gasteiger partial charge is 0.469 e. The van der Waals surface area contributed by atoms with Gasteiger partial charge in [-0.15, -0.1) is 0 Å². The average molecular weight is 232 g/mol. The highest BCUT2D eigenvalue weighted by molar-refractivity contribution is 5.78. The van der Waals surface area contributed by atoms with Gasteiger partial charge in [0, 0.05) is 7.11 Å². The Bertz CT molecular complexity index is 251. The molecule has 5 nitrogen and oxygen atoms in total. The topological polar surface area (TPSA) is 61.8 Å². The van der Waals surface area contributed by atoms with Crippen molar-refractivity contribution in [3.05, 3.63) is 0 Å². The zero-order valence-corrected chi connectivity index (χ0v) is 10.5. The summed E-state index contributed by atoms with van der Waals surface area (Å²) < 4.78 is 14.3. The number of hydrogen-bond acceptors (Lipinski definition) is 5. The van der Waals surface area contributed by atoms with Gasteiger partial charge in [0.1, 0.15) is 0 Å². The van der Waals surface area contributed by atoms with Gasteiger partial charge in [-0.05, 0) is 13.3 Å². The average Bonchev–Trinajstić information content (AvgIpc) is 2.26. The molecule has 0 saturated heterocycles. The number of ether oxygens (including phenoxy) is 3. The summed E-state index contributed by atoms with van der Waals surface area (Å²) in [5, 5.41) is 0. The van der Waals surface area contributed by atoms with E-state index in [4.69, 9.17) is 9.47 Å². The smallest absolute Gasteiger partial charge is 0.313 e. The third kappa shape index (κ3) is 3.81. The summed E-state index contributed by atoms with van der Waals surface area (Å²) in [6.07, 6.45) is 0.334. The fourth-order valence-electron chi connectivity index (χ4n) is 1.73. The maximum Gasteiger partial charge on any atom is 0.313 e. The van der Waals surface area contributed by atoms with Crippen LogP contribution in [-0.4, -0.2) is 39.9 Å². The Morgan fingerprint density at radius 2 is 1.75 bits per heavy atom. The van der Waals surface area contributed by atoms with E-state index in [0.717, 1.165) is 0 Å². The minimum absolute atomic E-state index is 0.209. The van der Waals surface area contributed by atoms with Gasteiger partial charge in [0.05, 0.1) is 32.2 Å². The second kappa shape index (κ2) is 6.48. The van der Waals surface area contributed by atoms with Gasteiger partial charge in [-0.25, -0.2) is 0 Å². The minimum atomic E-state index is -0.822. The lowest BCUT2D eigenvalue weighted by molar-refractivity contribution is -0.158. The predicted molar refractivity (Wildman–Crippen MR) is 57.8 cm³/mol. The fourth-order valence-corrected chi connectivity index (χ4v) is 1.73. The summed E-state index contributed by atoms with van der Waals surface area (Å²) in [6.45, 7) is 3.63. The highest BCUT2D eigenvalue weighted by Crippen LogP contribution is 2.28. The molecule has 94 valence electrons. The molecule has 0 aromatic rings. The van der Waals surface area contributed by atoms with Gasteiger partial charge in [-0.2, -0.15) is 0 Å². The lowest BCUT2D eigenvalue weighted by Gasteiger charge is -2.27. The molecule has 0 spiro atoms. The molecule has 2 unspecified atom stereocenters. The van der Waals surface area contributed by atoms with Gasteiger partial charge in [0.15, 0.2) is 0 Å². The molecule has 0 aliphatic rings. The molecule has 0 radical (unpaired) electrons. The number of rotatable bonds is 6. The summed E-state index contributed by atoms with van der Waals surface area (Å²) in [5.74, 6) is -1.10. The van der Waals surface area contributed by atoms with Gasteiger partial charge >= 0.3 is 11.9 Å². The third-order valence-corrected chi connectivity index (χ3v) is 2.50. The second-order valence-corrected chi connectivity index (χ2v) is 4.11. The van der Waals surface area contributed by atoms with E-state index >= 15 is 0 Å². The highest BCUT2D eigenvalue weighted by Gasteiger charge is 2.37. The maximum atomic E-state index is 11.6. The minimum Gasteiger partial charge on any atom is -0.469 e. The van der Waals surface area contributed by atoms with E-state index in [1.807, 2.05) is 0 Å². The lowest BCUT2D eigenvalue weighted by atomic mass is 9.82. The first-order valence-electron chi connectivity index (χ1n) is 5.06. The number of carbonyl (C=O) groups is 2. The van der Waals surface area contributed by atoms with Gasteiger partial charge in [0.2, 0.25) is 0 Å². The van der Waals surface area contributed by atoms with E-state index in [0.29, 0.717) is 6.42 Å². The van der Waals surface area contributed by atoms with Crippen LogP contribution in [0.1, 0.15) is 20.3 Å². The van der Waals surface area contributed by atoms with Gasteiger partial charge in [-0.1, -0.05) is 6.92 Å². The van der Waals surface area contributed by atoms with E-state index in [9.17, 15) is 9.59 Å². The molecule has 0 fully saturated rings. The normalized spacial score (nSPS) is 16.1. The van der Waals surface area contributed by atoms with Crippen LogP contribution in [0, 0.1) is 11.3 Å². The van der Waals surface area contributed by atoms with Crippen molar-refractivity contribution in [1.29, 1.82) is 0 Å². The van der Waals surface area contributed by atoms with Crippen molar-refractivity contribution >= 4 is 11.9 Å². The lowest BCUT2D eigenvalue weighted by Crippen LogP contribution is -2.37. The first kappa shape index (κ1) is 14.9. The standard InChI is InChI=1S/C11H20O5/c1-8(9(12)15-4)6-11(2,7-14-3)10(13)16-5/h8H,6-7H2,1-5H3. The molecule has 0 aliphatic heterocycles. The van der Waals surface area contributed by atoms with Crippen molar-refractivity contribution < 1.29 is 23.8 Å². The molecule has 2 atom stereocenters. The van der Waals surface area contributed by atoms with Gasteiger partial charge in [-0.3, -0.25) is 9.59 Å². The zero-order chi connectivity index (χ0) is 12.8. The Morgan fingerprint density at radius 1 is 1.19 bits per heavy atom. The highest BCUT2D eigenvalue weighted by atomic mass is 16.5. The first-order chi connectivity index (χ1) is 7.41. The molecule has 0 rings (SSSR count). The van der Waals surface area contributed by atoms with Crippen LogP contribution in [0.15, 0.2) is 0 Å². The van der Waals surface area contributed by atoms with Crippen LogP contribution in [0.2, 0.25) is 0 Å². The van der Waals surface area contributed by atoms with Gasteiger partial charge in [0.25, 0.3) is 0 Å². The van der Waals surface area contributed by atoms with Crippen molar-refractivity contribution in [3.8, 4) is 0 Å². The van der Waals surface area contributed by atoms with Crippen molar-refractivity contribution in [3.63, 3.8) is 0 Å². The molecule has 0 saturated carbocycles. The summed E-state index contributed by atoms with van der Waals surface area (Å²) in [7, 11) is 4.15. The first-order valence-corrected chi connectivity index (χ1v) is 5.06. The van der Waals surface area contributed by atoms with E-state index in [1.54, 1.807) is 13.8 Å². The molecular formula is C11H20O5. The summed E-state index contributed by atoms with van der Waals surface area (Å²) >= 11 is 0. The Hall–Kier alpha value is -1.10. The van der Waals surface area contributed by atoms with Crippen LogP contribution in [0.25, 0.3) is 0 Å². The number of esters is 2. The van der Waals surface area contributed by atoms with Crippen LogP contribution < -0.4 is 0 Å². The van der Waals surface area contributed by atoms with E-state index < -0.39 is 5.41 Å². The molecule has 16 heavy (non-hydrogen) atoms. The summed E-state index contributed by atoms with van der Waals surface area (Å²) in [5.41, 5.74) is -0.822. The van der Waals surface area contributed by atoms with Crippen LogP contribution in [0.5, 0.6) is 0 Å². The number of carbonyl (C=O) groups excluding carboxylic acids is 2. The van der Waals surface area contributed by atoms with Crippen molar-refractivity contribution in [2.24, 2.45) is 11.3 Å². The van der Waals surface area contributed by atoms with Gasteiger partial charge < -0.3 is 14.2 Å². The maximum absolute atomic E-state index is 11.6. The van der Waals surface area contributed by atoms with Crippen molar-refractivity contribution in [1.82, 2.24) is 0 Å². The predicted octanol–water partition coefficient (Wildman–Crippen LogP) is 1.01. The second-order valence-electron chi connectivity index (χ2n) is 4.11. The molecule has 0 aliphatic carbocycles. The third-order valence-electron chi connectivity index (χ3n) is 2.50. The van der Waals surface area contributed by atoms with Crippen LogP contribution in [0.4, 0.5) is 0 Å². The monoisotopic (exact) mass is 232 g/mol. The molecular weight excluding hydrogens is 212 g/mol. The van der Waals surface area contributed by atoms with Crippen LogP contribution >= 0.6 is 0 Å². The van der Waals surface area contributed by atoms with Crippen molar-refractivity contribution in [2.75, 3.05) is 27.9 Å². The Morgan fingerprint density at radius 3 is 2.12 bits per heavy atom. The van der Waals surface area contributed by atoms with Crippen LogP contribution in [-0.2, 0) is 23.8 Å². The molecule has 0 aromatic heterocycles. The molecule has 0 bridgehead atoms. The molecule has 0 heterocycles. The van der Waals surface area contributed by atoms with Crippen LogP contribution in [0.3, 0.4) is 0 Å².